The number of rotatable bonds is 5. The van der Waals surface area contributed by atoms with Gasteiger partial charge in [0, 0.05) is 0 Å². The van der Waals surface area contributed by atoms with E-state index in [0.717, 1.165) is 18.6 Å². The van der Waals surface area contributed by atoms with Crippen LogP contribution in [0.15, 0.2) is 18.2 Å². The molecule has 1 unspecified atom stereocenters. The molecular formula is C12H17BF3O-. The lowest BCUT2D eigenvalue weighted by molar-refractivity contribution is 0.255. The third-order valence-electron chi connectivity index (χ3n) is 2.80. The summed E-state index contributed by atoms with van der Waals surface area (Å²) in [5.41, 5.74) is -0.0385. The standard InChI is InChI=1S/C12H17BF3O/c1-4-9(2)8-17-12-6-5-11(7-10(12)3)13(14,15)16/h5-7,9H,4,8H2,1-3H3/q-1. The minimum atomic E-state index is -4.92. The third kappa shape index (κ3) is 3.98. The van der Waals surface area contributed by atoms with Crippen molar-refractivity contribution >= 4 is 12.4 Å². The van der Waals surface area contributed by atoms with Crippen LogP contribution in [-0.2, 0) is 0 Å². The van der Waals surface area contributed by atoms with Crippen molar-refractivity contribution in [1.29, 1.82) is 0 Å². The zero-order valence-electron chi connectivity index (χ0n) is 10.3. The lowest BCUT2D eigenvalue weighted by Gasteiger charge is -2.18. The van der Waals surface area contributed by atoms with Crippen molar-refractivity contribution in [2.45, 2.75) is 27.2 Å². The van der Waals surface area contributed by atoms with Gasteiger partial charge in [-0.25, -0.2) is 0 Å². The second-order valence-corrected chi connectivity index (χ2v) is 4.42. The summed E-state index contributed by atoms with van der Waals surface area (Å²) in [5.74, 6) is 0.940. The van der Waals surface area contributed by atoms with Crippen LogP contribution in [0.5, 0.6) is 5.75 Å². The first-order valence-electron chi connectivity index (χ1n) is 5.78. The van der Waals surface area contributed by atoms with Crippen LogP contribution in [0.1, 0.15) is 25.8 Å². The molecule has 1 rings (SSSR count). The Labute approximate surface area is 100 Å². The monoisotopic (exact) mass is 245 g/mol. The summed E-state index contributed by atoms with van der Waals surface area (Å²) >= 11 is 0. The highest BCUT2D eigenvalue weighted by Gasteiger charge is 2.25. The summed E-state index contributed by atoms with van der Waals surface area (Å²) in [6.07, 6.45) is 0.989. The molecule has 0 amide bonds. The molecule has 0 heterocycles. The molecule has 17 heavy (non-hydrogen) atoms. The van der Waals surface area contributed by atoms with Crippen molar-refractivity contribution in [2.75, 3.05) is 6.61 Å². The van der Waals surface area contributed by atoms with Gasteiger partial charge in [-0.15, -0.1) is 5.46 Å². The van der Waals surface area contributed by atoms with Gasteiger partial charge in [0.2, 0.25) is 0 Å². The van der Waals surface area contributed by atoms with Gasteiger partial charge < -0.3 is 17.7 Å². The van der Waals surface area contributed by atoms with E-state index in [1.165, 1.54) is 6.07 Å². The van der Waals surface area contributed by atoms with Crippen molar-refractivity contribution in [3.05, 3.63) is 23.8 Å². The minimum absolute atomic E-state index is 0.404. The number of ether oxygens (including phenoxy) is 1. The van der Waals surface area contributed by atoms with Gasteiger partial charge in [-0.05, 0) is 24.5 Å². The molecule has 0 bridgehead atoms. The Morgan fingerprint density at radius 3 is 2.41 bits per heavy atom. The van der Waals surface area contributed by atoms with Gasteiger partial charge in [0.25, 0.3) is 0 Å². The molecular weight excluding hydrogens is 228 g/mol. The van der Waals surface area contributed by atoms with E-state index in [9.17, 15) is 12.9 Å². The number of halogens is 3. The third-order valence-corrected chi connectivity index (χ3v) is 2.80. The van der Waals surface area contributed by atoms with Gasteiger partial charge in [0.15, 0.2) is 0 Å². The van der Waals surface area contributed by atoms with E-state index in [1.54, 1.807) is 6.92 Å². The predicted molar refractivity (Wildman–Crippen MR) is 64.8 cm³/mol. The Balaban J connectivity index is 2.77. The maximum Gasteiger partial charge on any atom is 0.509 e. The zero-order valence-corrected chi connectivity index (χ0v) is 10.3. The van der Waals surface area contributed by atoms with Crippen LogP contribution in [0.25, 0.3) is 0 Å². The summed E-state index contributed by atoms with van der Waals surface area (Å²) in [7, 11) is 0. The molecule has 0 saturated heterocycles. The second-order valence-electron chi connectivity index (χ2n) is 4.42. The average Bonchev–Trinajstić information content (AvgIpc) is 2.25. The lowest BCUT2D eigenvalue weighted by Crippen LogP contribution is -2.34. The smallest absolute Gasteiger partial charge is 0.493 e. The average molecular weight is 245 g/mol. The quantitative estimate of drug-likeness (QED) is 0.721. The normalized spacial score (nSPS) is 13.5. The fraction of sp³-hybridized carbons (Fsp3) is 0.500. The number of benzene rings is 1. The van der Waals surface area contributed by atoms with E-state index >= 15 is 0 Å². The van der Waals surface area contributed by atoms with Gasteiger partial charge >= 0.3 is 6.98 Å². The summed E-state index contributed by atoms with van der Waals surface area (Å²) in [6, 6.07) is 3.63. The van der Waals surface area contributed by atoms with E-state index < -0.39 is 12.4 Å². The van der Waals surface area contributed by atoms with E-state index in [1.807, 2.05) is 6.92 Å². The largest absolute Gasteiger partial charge is 0.509 e. The molecule has 0 fully saturated rings. The maximum atomic E-state index is 12.5. The van der Waals surface area contributed by atoms with Crippen LogP contribution in [0.2, 0.25) is 0 Å². The zero-order chi connectivity index (χ0) is 13.1. The summed E-state index contributed by atoms with van der Waals surface area (Å²) in [5, 5.41) is 0. The molecule has 0 N–H and O–H groups in total. The van der Waals surface area contributed by atoms with Crippen molar-refractivity contribution in [1.82, 2.24) is 0 Å². The molecule has 0 aliphatic heterocycles. The second kappa shape index (κ2) is 5.47. The van der Waals surface area contributed by atoms with Crippen LogP contribution >= 0.6 is 0 Å². The fourth-order valence-corrected chi connectivity index (χ4v) is 1.39. The first-order chi connectivity index (χ1) is 7.84. The minimum Gasteiger partial charge on any atom is -0.493 e. The van der Waals surface area contributed by atoms with Crippen LogP contribution in [0.3, 0.4) is 0 Å². The van der Waals surface area contributed by atoms with E-state index in [0.29, 0.717) is 23.8 Å². The molecule has 1 atom stereocenters. The Morgan fingerprint density at radius 2 is 1.94 bits per heavy atom. The highest BCUT2D eigenvalue weighted by atomic mass is 19.4. The molecule has 1 nitrogen and oxygen atoms in total. The molecule has 1 aromatic rings. The summed E-state index contributed by atoms with van der Waals surface area (Å²) in [6.45, 7) is 1.34. The molecule has 1 aromatic carbocycles. The predicted octanol–water partition coefficient (Wildman–Crippen LogP) is 3.47. The fourth-order valence-electron chi connectivity index (χ4n) is 1.39. The number of hydrogen-bond acceptors (Lipinski definition) is 1. The first kappa shape index (κ1) is 13.9. The molecule has 0 radical (unpaired) electrons. The molecule has 0 aromatic heterocycles. The van der Waals surface area contributed by atoms with Gasteiger partial charge in [-0.2, -0.15) is 0 Å². The maximum absolute atomic E-state index is 12.5. The van der Waals surface area contributed by atoms with Crippen LogP contribution in [-0.4, -0.2) is 13.6 Å². The SMILES string of the molecule is CCC(C)COc1ccc([B-](F)(F)F)cc1C. The Bertz CT molecular complexity index is 377. The lowest BCUT2D eigenvalue weighted by atomic mass is 9.79. The molecule has 0 aliphatic carbocycles. The molecule has 0 saturated carbocycles. The first-order valence-corrected chi connectivity index (χ1v) is 5.78. The number of aryl methyl sites for hydroxylation is 1. The van der Waals surface area contributed by atoms with Gasteiger partial charge in [0.05, 0.1) is 6.61 Å². The van der Waals surface area contributed by atoms with E-state index in [4.69, 9.17) is 4.74 Å². The molecule has 0 aliphatic rings. The van der Waals surface area contributed by atoms with Gasteiger partial charge in [0.1, 0.15) is 5.75 Å². The Kier molecular flexibility index (Phi) is 4.49. The van der Waals surface area contributed by atoms with Crippen LogP contribution < -0.4 is 10.2 Å². The summed E-state index contributed by atoms with van der Waals surface area (Å²) < 4.78 is 43.0. The molecule has 96 valence electrons. The van der Waals surface area contributed by atoms with Gasteiger partial charge in [-0.1, -0.05) is 32.4 Å². The highest BCUT2D eigenvalue weighted by molar-refractivity contribution is 6.73. The Morgan fingerprint density at radius 1 is 1.29 bits per heavy atom. The van der Waals surface area contributed by atoms with Crippen molar-refractivity contribution in [3.8, 4) is 5.75 Å². The van der Waals surface area contributed by atoms with Gasteiger partial charge in [-0.3, -0.25) is 0 Å². The topological polar surface area (TPSA) is 9.23 Å². The van der Waals surface area contributed by atoms with Crippen LogP contribution in [0, 0.1) is 12.8 Å². The Hall–Kier alpha value is -1.13. The van der Waals surface area contributed by atoms with E-state index in [2.05, 4.69) is 6.92 Å². The van der Waals surface area contributed by atoms with Crippen molar-refractivity contribution in [2.24, 2.45) is 5.92 Å². The highest BCUT2D eigenvalue weighted by Crippen LogP contribution is 2.19. The number of hydrogen-bond donors (Lipinski definition) is 0. The van der Waals surface area contributed by atoms with Crippen molar-refractivity contribution < 1.29 is 17.7 Å². The van der Waals surface area contributed by atoms with Crippen LogP contribution in [0.4, 0.5) is 12.9 Å². The molecule has 0 spiro atoms. The molecule has 5 heteroatoms. The van der Waals surface area contributed by atoms with E-state index in [-0.39, 0.29) is 0 Å². The van der Waals surface area contributed by atoms with Crippen molar-refractivity contribution in [3.63, 3.8) is 0 Å². The summed E-state index contributed by atoms with van der Waals surface area (Å²) in [4.78, 5) is 0.